The van der Waals surface area contributed by atoms with Crippen LogP contribution in [0.3, 0.4) is 0 Å². The summed E-state index contributed by atoms with van der Waals surface area (Å²) in [5.74, 6) is -0.690. The summed E-state index contributed by atoms with van der Waals surface area (Å²) >= 11 is 0. The molecule has 0 saturated carbocycles. The van der Waals surface area contributed by atoms with Gasteiger partial charge in [0.15, 0.2) is 0 Å². The molecule has 2 heterocycles. The van der Waals surface area contributed by atoms with E-state index in [1.54, 1.807) is 24.3 Å². The molecule has 2 aromatic heterocycles. The van der Waals surface area contributed by atoms with Crippen molar-refractivity contribution in [3.05, 3.63) is 101 Å². The number of nitrogens with one attached hydrogen (secondary N) is 2. The molecule has 2 aromatic carbocycles. The lowest BCUT2D eigenvalue weighted by Crippen LogP contribution is -2.07. The number of ketones is 1. The number of carbonyl (C=O) groups is 1. The Labute approximate surface area is 185 Å². The van der Waals surface area contributed by atoms with Gasteiger partial charge in [0.25, 0.3) is 0 Å². The van der Waals surface area contributed by atoms with Gasteiger partial charge in [0, 0.05) is 28.6 Å². The summed E-state index contributed by atoms with van der Waals surface area (Å²) in [7, 11) is -3.06. The zero-order valence-corrected chi connectivity index (χ0v) is 17.7. The second-order valence-electron chi connectivity index (χ2n) is 7.45. The Balaban J connectivity index is 1.64. The van der Waals surface area contributed by atoms with Gasteiger partial charge in [0.1, 0.15) is 5.76 Å². The first-order valence-electron chi connectivity index (χ1n) is 10.1. The van der Waals surface area contributed by atoms with Crippen LogP contribution in [0.25, 0.3) is 28.3 Å². The van der Waals surface area contributed by atoms with E-state index >= 15 is 0 Å². The number of benzene rings is 2. The first-order chi connectivity index (χ1) is 15.4. The summed E-state index contributed by atoms with van der Waals surface area (Å²) < 4.78 is 30.9. The van der Waals surface area contributed by atoms with Gasteiger partial charge in [0.2, 0.25) is 5.78 Å². The van der Waals surface area contributed by atoms with Gasteiger partial charge in [-0.15, -0.1) is 0 Å². The van der Waals surface area contributed by atoms with Crippen molar-refractivity contribution in [2.24, 2.45) is 0 Å². The number of aryl methyl sites for hydroxylation is 2. The molecular weight excluding hydrogens is 409 g/mol. The normalized spacial score (nSPS) is 11.4. The Morgan fingerprint density at radius 3 is 1.81 bits per heavy atom. The van der Waals surface area contributed by atoms with E-state index in [9.17, 15) is 13.4 Å². The predicted molar refractivity (Wildman–Crippen MR) is 123 cm³/mol. The van der Waals surface area contributed by atoms with Gasteiger partial charge < -0.3 is 14.6 Å². The largest absolute Gasteiger partial charge is 0.796 e. The van der Waals surface area contributed by atoms with Crippen molar-refractivity contribution in [3.8, 4) is 22.5 Å². The maximum Gasteiger partial charge on any atom is 0.796 e. The molecule has 0 fully saturated rings. The number of carbonyl (C=O) groups excluding carboxylic acids is 1. The topological polar surface area (TPSA) is 57.9 Å². The highest BCUT2D eigenvalue weighted by Crippen LogP contribution is 2.27. The highest BCUT2D eigenvalue weighted by atomic mass is 19.2. The molecule has 0 aliphatic carbocycles. The molecule has 0 aliphatic rings. The molecule has 0 radical (unpaired) electrons. The fraction of sp³-hybridized carbons (Fsp3) is 0.0800. The number of rotatable bonds is 7. The van der Waals surface area contributed by atoms with Gasteiger partial charge in [-0.2, -0.15) is 0 Å². The quantitative estimate of drug-likeness (QED) is 0.153. The molecule has 0 atom stereocenters. The number of hydrogen-bond acceptors (Lipinski definition) is 2. The van der Waals surface area contributed by atoms with E-state index < -0.39 is 13.3 Å². The molecule has 0 amide bonds. The molecular formula is C25H21BF2N2O2. The van der Waals surface area contributed by atoms with E-state index in [1.165, 1.54) is 0 Å². The van der Waals surface area contributed by atoms with E-state index in [0.29, 0.717) is 5.69 Å². The summed E-state index contributed by atoms with van der Waals surface area (Å²) in [6, 6.07) is 22.3. The van der Waals surface area contributed by atoms with Crippen molar-refractivity contribution in [2.75, 3.05) is 0 Å². The second kappa shape index (κ2) is 9.10. The van der Waals surface area contributed by atoms with E-state index in [1.807, 2.05) is 62.4 Å². The lowest BCUT2D eigenvalue weighted by Gasteiger charge is -2.07. The number of hydrogen-bond donors (Lipinski definition) is 2. The van der Waals surface area contributed by atoms with Gasteiger partial charge >= 0.3 is 7.47 Å². The van der Waals surface area contributed by atoms with Crippen LogP contribution in [0, 0.1) is 13.8 Å². The average molecular weight is 430 g/mol. The first-order valence-corrected chi connectivity index (χ1v) is 10.1. The number of allylic oxidation sites excluding steroid dienone is 1. The third-order valence-electron chi connectivity index (χ3n) is 5.25. The first kappa shape index (κ1) is 21.4. The van der Waals surface area contributed by atoms with Crippen molar-refractivity contribution in [2.45, 2.75) is 13.8 Å². The molecule has 4 nitrogen and oxygen atoms in total. The predicted octanol–water partition coefficient (Wildman–Crippen LogP) is 6.46. The zero-order valence-electron chi connectivity index (χ0n) is 17.7. The van der Waals surface area contributed by atoms with Crippen LogP contribution in [-0.2, 0) is 4.65 Å². The van der Waals surface area contributed by atoms with Crippen molar-refractivity contribution in [1.82, 2.24) is 9.97 Å². The molecule has 160 valence electrons. The molecule has 32 heavy (non-hydrogen) atoms. The second-order valence-corrected chi connectivity index (χ2v) is 7.45. The van der Waals surface area contributed by atoms with Crippen molar-refractivity contribution in [1.29, 1.82) is 0 Å². The number of aromatic nitrogens is 2. The van der Waals surface area contributed by atoms with Gasteiger partial charge in [0.05, 0.1) is 11.4 Å². The molecule has 0 unspecified atom stereocenters. The Morgan fingerprint density at radius 2 is 1.28 bits per heavy atom. The minimum absolute atomic E-state index is 0.225. The number of aromatic amines is 2. The van der Waals surface area contributed by atoms with E-state index in [0.717, 1.165) is 39.7 Å². The molecule has 4 aromatic rings. The maximum atomic E-state index is 13.1. The molecule has 0 saturated heterocycles. The Morgan fingerprint density at radius 1 is 0.781 bits per heavy atom. The molecule has 0 bridgehead atoms. The van der Waals surface area contributed by atoms with Gasteiger partial charge in [-0.25, -0.2) is 8.63 Å². The highest BCUT2D eigenvalue weighted by molar-refractivity contribution is 6.36. The van der Waals surface area contributed by atoms with E-state index in [2.05, 4.69) is 14.6 Å². The standard InChI is InChI=1S/C25H21BF2N2O2/c1-16-7-3-5-9-18(16)20-11-13-22(29-20)24(31)15-25(32-26(27)28)23-14-12-21(30-23)19-10-6-4-8-17(19)2/h3-15,29-30H,1-2H3/b25-15-. The molecule has 4 rings (SSSR count). The van der Waals surface area contributed by atoms with Crippen LogP contribution in [0.2, 0.25) is 0 Å². The minimum Gasteiger partial charge on any atom is -0.503 e. The lowest BCUT2D eigenvalue weighted by molar-refractivity contribution is 0.104. The highest BCUT2D eigenvalue weighted by Gasteiger charge is 2.23. The van der Waals surface area contributed by atoms with Crippen molar-refractivity contribution >= 4 is 19.0 Å². The van der Waals surface area contributed by atoms with Gasteiger partial charge in [-0.1, -0.05) is 48.5 Å². The molecule has 0 spiro atoms. The van der Waals surface area contributed by atoms with Crippen LogP contribution in [0.5, 0.6) is 0 Å². The molecule has 2 N–H and O–H groups in total. The van der Waals surface area contributed by atoms with Crippen LogP contribution in [-0.4, -0.2) is 23.2 Å². The molecule has 7 heteroatoms. The SMILES string of the molecule is Cc1ccccc1-c1ccc(C(=O)/C=C(\OB(F)F)c2ccc(-c3ccccc3C)[nH]2)[nH]1. The van der Waals surface area contributed by atoms with Crippen LogP contribution in [0.4, 0.5) is 8.63 Å². The zero-order chi connectivity index (χ0) is 22.7. The van der Waals surface area contributed by atoms with Crippen molar-refractivity contribution < 1.29 is 18.1 Å². The Hall–Kier alpha value is -3.87. The minimum atomic E-state index is -3.06. The summed E-state index contributed by atoms with van der Waals surface area (Å²) in [5, 5.41) is 0. The fourth-order valence-electron chi connectivity index (χ4n) is 3.61. The number of halogens is 2. The Kier molecular flexibility index (Phi) is 6.08. The fourth-order valence-corrected chi connectivity index (χ4v) is 3.61. The third kappa shape index (κ3) is 4.57. The summed E-state index contributed by atoms with van der Waals surface area (Å²) in [6.07, 6.45) is 1.08. The van der Waals surface area contributed by atoms with Crippen LogP contribution < -0.4 is 0 Å². The van der Waals surface area contributed by atoms with Crippen LogP contribution in [0.1, 0.15) is 27.3 Å². The number of H-pyrrole nitrogens is 2. The van der Waals surface area contributed by atoms with Gasteiger partial charge in [-0.05, 0) is 49.2 Å². The summed E-state index contributed by atoms with van der Waals surface area (Å²) in [4.78, 5) is 19.0. The Bertz CT molecular complexity index is 1290. The third-order valence-corrected chi connectivity index (χ3v) is 5.25. The lowest BCUT2D eigenvalue weighted by atomic mass is 10.1. The van der Waals surface area contributed by atoms with Crippen molar-refractivity contribution in [3.63, 3.8) is 0 Å². The molecule has 0 aliphatic heterocycles. The smallest absolute Gasteiger partial charge is 0.503 e. The average Bonchev–Trinajstić information content (AvgIpc) is 3.44. The van der Waals surface area contributed by atoms with Crippen LogP contribution >= 0.6 is 0 Å². The van der Waals surface area contributed by atoms with Crippen LogP contribution in [0.15, 0.2) is 78.9 Å². The summed E-state index contributed by atoms with van der Waals surface area (Å²) in [6.45, 7) is 3.94. The van der Waals surface area contributed by atoms with Gasteiger partial charge in [-0.3, -0.25) is 4.79 Å². The van der Waals surface area contributed by atoms with E-state index in [-0.39, 0.29) is 11.5 Å². The monoisotopic (exact) mass is 430 g/mol. The summed E-state index contributed by atoms with van der Waals surface area (Å²) in [5.41, 5.74) is 6.09. The van der Waals surface area contributed by atoms with E-state index in [4.69, 9.17) is 0 Å². The maximum absolute atomic E-state index is 13.1.